The van der Waals surface area contributed by atoms with E-state index in [1.807, 2.05) is 32.0 Å². The molecule has 0 atom stereocenters. The van der Waals surface area contributed by atoms with Crippen LogP contribution >= 0.6 is 11.6 Å². The maximum absolute atomic E-state index is 11.8. The average Bonchev–Trinajstić information content (AvgIpc) is 3.00. The smallest absolute Gasteiger partial charge is 0.338 e. The van der Waals surface area contributed by atoms with Crippen molar-refractivity contribution in [1.29, 1.82) is 0 Å². The number of esters is 1. The van der Waals surface area contributed by atoms with Crippen LogP contribution in [0.2, 0.25) is 5.02 Å². The number of aromatic carboxylic acids is 1. The van der Waals surface area contributed by atoms with Crippen LogP contribution in [-0.2, 0) is 4.74 Å². The van der Waals surface area contributed by atoms with Gasteiger partial charge in [-0.05, 0) is 69.3 Å². The Labute approximate surface area is 179 Å². The first kappa shape index (κ1) is 21.3. The number of ether oxygens (including phenoxy) is 1. The van der Waals surface area contributed by atoms with Crippen molar-refractivity contribution in [1.82, 2.24) is 4.57 Å². The van der Waals surface area contributed by atoms with Gasteiger partial charge in [-0.25, -0.2) is 9.59 Å². The summed E-state index contributed by atoms with van der Waals surface area (Å²) in [6.07, 6.45) is 1.70. The molecule has 1 N–H and O–H groups in total. The van der Waals surface area contributed by atoms with E-state index in [9.17, 15) is 14.7 Å². The zero-order valence-electron chi connectivity index (χ0n) is 16.8. The highest BCUT2D eigenvalue weighted by Crippen LogP contribution is 2.24. The maximum Gasteiger partial charge on any atom is 0.338 e. The standard InChI is InChI=1S/C23H21ClN2O4/c1-4-30-23(29)16-5-8-19(9-6-16)26-14(2)11-17(15(26)3)13-25-18-7-10-21(24)20(12-18)22(27)28/h5-13H,4H2,1-3H3,(H,27,28). The summed E-state index contributed by atoms with van der Waals surface area (Å²) in [5.74, 6) is -1.44. The lowest BCUT2D eigenvalue weighted by Crippen LogP contribution is -2.05. The summed E-state index contributed by atoms with van der Waals surface area (Å²) < 4.78 is 7.08. The van der Waals surface area contributed by atoms with Gasteiger partial charge in [0.15, 0.2) is 0 Å². The molecule has 154 valence electrons. The average molecular weight is 425 g/mol. The lowest BCUT2D eigenvalue weighted by atomic mass is 10.2. The van der Waals surface area contributed by atoms with Crippen LogP contribution in [0.25, 0.3) is 5.69 Å². The fraction of sp³-hybridized carbons (Fsp3) is 0.174. The van der Waals surface area contributed by atoms with Gasteiger partial charge in [-0.1, -0.05) is 11.6 Å². The van der Waals surface area contributed by atoms with Crippen LogP contribution in [0, 0.1) is 13.8 Å². The van der Waals surface area contributed by atoms with Gasteiger partial charge in [-0.2, -0.15) is 0 Å². The highest BCUT2D eigenvalue weighted by molar-refractivity contribution is 6.33. The van der Waals surface area contributed by atoms with Crippen molar-refractivity contribution in [2.75, 3.05) is 6.61 Å². The number of carboxylic acid groups (broad SMARTS) is 1. The number of carbonyl (C=O) groups is 2. The Balaban J connectivity index is 1.89. The largest absolute Gasteiger partial charge is 0.478 e. The first-order valence-corrected chi connectivity index (χ1v) is 9.73. The predicted octanol–water partition coefficient (Wildman–Crippen LogP) is 5.37. The second-order valence-corrected chi connectivity index (χ2v) is 7.06. The molecule has 0 fully saturated rings. The number of aliphatic imine (C=N–C) groups is 1. The fourth-order valence-electron chi connectivity index (χ4n) is 3.18. The summed E-state index contributed by atoms with van der Waals surface area (Å²) in [6.45, 7) is 6.06. The van der Waals surface area contributed by atoms with Gasteiger partial charge in [0.2, 0.25) is 0 Å². The Bertz CT molecular complexity index is 1130. The molecule has 6 nitrogen and oxygen atoms in total. The zero-order valence-corrected chi connectivity index (χ0v) is 17.6. The molecule has 0 spiro atoms. The summed E-state index contributed by atoms with van der Waals surface area (Å²) in [5.41, 5.74) is 4.79. The molecule has 7 heteroatoms. The van der Waals surface area contributed by atoms with Crippen LogP contribution in [0.4, 0.5) is 5.69 Å². The predicted molar refractivity (Wildman–Crippen MR) is 117 cm³/mol. The molecule has 0 amide bonds. The van der Waals surface area contributed by atoms with Crippen molar-refractivity contribution >= 4 is 35.4 Å². The quantitative estimate of drug-likeness (QED) is 0.426. The van der Waals surface area contributed by atoms with Crippen LogP contribution < -0.4 is 0 Å². The Morgan fingerprint density at radius 3 is 2.47 bits per heavy atom. The van der Waals surface area contributed by atoms with Gasteiger partial charge >= 0.3 is 11.9 Å². The third-order valence-electron chi connectivity index (χ3n) is 4.64. The van der Waals surface area contributed by atoms with Crippen molar-refractivity contribution in [2.45, 2.75) is 20.8 Å². The lowest BCUT2D eigenvalue weighted by Gasteiger charge is -2.10. The molecule has 1 heterocycles. The minimum absolute atomic E-state index is 0.0125. The van der Waals surface area contributed by atoms with Crippen molar-refractivity contribution in [3.63, 3.8) is 0 Å². The molecule has 0 unspecified atom stereocenters. The molecule has 1 aromatic heterocycles. The Hall–Kier alpha value is -3.38. The molecule has 0 aliphatic carbocycles. The van der Waals surface area contributed by atoms with E-state index in [4.69, 9.17) is 16.3 Å². The number of hydrogen-bond acceptors (Lipinski definition) is 4. The van der Waals surface area contributed by atoms with Gasteiger partial charge in [0.05, 0.1) is 28.4 Å². The van der Waals surface area contributed by atoms with E-state index in [-0.39, 0.29) is 16.6 Å². The molecule has 30 heavy (non-hydrogen) atoms. The van der Waals surface area contributed by atoms with E-state index in [0.717, 1.165) is 22.6 Å². The number of nitrogens with zero attached hydrogens (tertiary/aromatic N) is 2. The first-order valence-electron chi connectivity index (χ1n) is 9.35. The highest BCUT2D eigenvalue weighted by Gasteiger charge is 2.12. The summed E-state index contributed by atoms with van der Waals surface area (Å²) in [6, 6.07) is 13.8. The third-order valence-corrected chi connectivity index (χ3v) is 4.97. The number of carboxylic acids is 1. The number of aromatic nitrogens is 1. The van der Waals surface area contributed by atoms with Crippen LogP contribution in [-0.4, -0.2) is 34.4 Å². The molecule has 3 aromatic rings. The molecule has 0 saturated heterocycles. The monoisotopic (exact) mass is 424 g/mol. The summed E-state index contributed by atoms with van der Waals surface area (Å²) in [4.78, 5) is 27.5. The van der Waals surface area contributed by atoms with E-state index in [0.29, 0.717) is 17.9 Å². The highest BCUT2D eigenvalue weighted by atomic mass is 35.5. The van der Waals surface area contributed by atoms with Gasteiger partial charge in [-0.3, -0.25) is 4.99 Å². The number of aryl methyl sites for hydroxylation is 1. The molecule has 0 aliphatic rings. The molecule has 0 bridgehead atoms. The molecular formula is C23H21ClN2O4. The second kappa shape index (κ2) is 8.97. The molecule has 0 radical (unpaired) electrons. The molecular weight excluding hydrogens is 404 g/mol. The molecule has 0 aliphatic heterocycles. The minimum atomic E-state index is -1.10. The third kappa shape index (κ3) is 4.44. The number of hydrogen-bond donors (Lipinski definition) is 1. The first-order chi connectivity index (χ1) is 14.3. The lowest BCUT2D eigenvalue weighted by molar-refractivity contribution is 0.0526. The summed E-state index contributed by atoms with van der Waals surface area (Å²) in [5, 5.41) is 9.37. The SMILES string of the molecule is CCOC(=O)c1ccc(-n2c(C)cc(C=Nc3ccc(Cl)c(C(=O)O)c3)c2C)cc1. The number of halogens is 1. The van der Waals surface area contributed by atoms with E-state index in [1.165, 1.54) is 12.1 Å². The van der Waals surface area contributed by atoms with Crippen LogP contribution in [0.15, 0.2) is 53.5 Å². The number of rotatable bonds is 6. The van der Waals surface area contributed by atoms with Gasteiger partial charge in [-0.15, -0.1) is 0 Å². The molecule has 0 saturated carbocycles. The van der Waals surface area contributed by atoms with Crippen molar-refractivity contribution in [3.8, 4) is 5.69 Å². The van der Waals surface area contributed by atoms with Gasteiger partial charge in [0.25, 0.3) is 0 Å². The van der Waals surface area contributed by atoms with Crippen LogP contribution in [0.1, 0.15) is 44.6 Å². The summed E-state index contributed by atoms with van der Waals surface area (Å²) >= 11 is 5.91. The Morgan fingerprint density at radius 2 is 1.83 bits per heavy atom. The molecule has 2 aromatic carbocycles. The zero-order chi connectivity index (χ0) is 21.8. The van der Waals surface area contributed by atoms with E-state index in [1.54, 1.807) is 31.3 Å². The normalized spacial score (nSPS) is 11.1. The van der Waals surface area contributed by atoms with Crippen LogP contribution in [0.3, 0.4) is 0 Å². The number of carbonyl (C=O) groups excluding carboxylic acids is 1. The topological polar surface area (TPSA) is 80.9 Å². The summed E-state index contributed by atoms with van der Waals surface area (Å²) in [7, 11) is 0. The van der Waals surface area contributed by atoms with Crippen molar-refractivity contribution in [2.24, 2.45) is 4.99 Å². The second-order valence-electron chi connectivity index (χ2n) is 6.66. The minimum Gasteiger partial charge on any atom is -0.478 e. The van der Waals surface area contributed by atoms with Gasteiger partial charge in [0.1, 0.15) is 0 Å². The number of benzene rings is 2. The maximum atomic E-state index is 11.8. The van der Waals surface area contributed by atoms with E-state index >= 15 is 0 Å². The fourth-order valence-corrected chi connectivity index (χ4v) is 3.38. The van der Waals surface area contributed by atoms with E-state index in [2.05, 4.69) is 9.56 Å². The Morgan fingerprint density at radius 1 is 1.13 bits per heavy atom. The van der Waals surface area contributed by atoms with Crippen molar-refractivity contribution in [3.05, 3.63) is 81.6 Å². The van der Waals surface area contributed by atoms with Gasteiger partial charge < -0.3 is 14.4 Å². The molecule has 3 rings (SSSR count). The van der Waals surface area contributed by atoms with Crippen molar-refractivity contribution < 1.29 is 19.4 Å². The van der Waals surface area contributed by atoms with Gasteiger partial charge in [0, 0.05) is 28.9 Å². The van der Waals surface area contributed by atoms with E-state index < -0.39 is 5.97 Å². The van der Waals surface area contributed by atoms with Crippen LogP contribution in [0.5, 0.6) is 0 Å². The Kier molecular flexibility index (Phi) is 6.37.